The fourth-order valence-corrected chi connectivity index (χ4v) is 16.7. The van der Waals surface area contributed by atoms with Crippen LogP contribution in [0, 0.1) is 17.9 Å². The van der Waals surface area contributed by atoms with E-state index in [1.807, 2.05) is 36.4 Å². The monoisotopic (exact) mass is 1140 g/mol. The molecule has 0 bridgehead atoms. The van der Waals surface area contributed by atoms with Gasteiger partial charge in [0, 0.05) is 80.0 Å². The Morgan fingerprint density at radius 1 is 0.379 bits per heavy atom. The van der Waals surface area contributed by atoms with Gasteiger partial charge >= 0.3 is 0 Å². The summed E-state index contributed by atoms with van der Waals surface area (Å²) in [4.78, 5) is 4.70. The zero-order valence-corrected chi connectivity index (χ0v) is 48.1. The van der Waals surface area contributed by atoms with Gasteiger partial charge in [0.05, 0.1) is 55.0 Å². The second-order valence-electron chi connectivity index (χ2n) is 22.3. The number of nitrogens with zero attached hydrogens (tertiary/aromatic N) is 4. The number of furan rings is 1. The van der Waals surface area contributed by atoms with Gasteiger partial charge in [0.1, 0.15) is 17.2 Å². The predicted molar refractivity (Wildman–Crippen MR) is 366 cm³/mol. The molecule has 0 amide bonds. The Balaban J connectivity index is 1.07. The molecule has 402 valence electrons. The minimum Gasteiger partial charge on any atom is -0.455 e. The van der Waals surface area contributed by atoms with Crippen LogP contribution in [0.25, 0.3) is 178 Å². The Morgan fingerprint density at radius 2 is 0.862 bits per heavy atom. The maximum Gasteiger partial charge on any atom is 0.220 e. The second-order valence-corrected chi connectivity index (χ2v) is 24.4. The first-order valence-corrected chi connectivity index (χ1v) is 30.7. The van der Waals surface area contributed by atoms with Crippen LogP contribution in [0.2, 0.25) is 0 Å². The molecule has 0 saturated heterocycles. The summed E-state index contributed by atoms with van der Waals surface area (Å²) < 4.78 is 16.1. The normalized spacial score (nSPS) is 11.9. The van der Waals surface area contributed by atoms with Crippen molar-refractivity contribution in [3.63, 3.8) is 0 Å². The fraction of sp³-hybridized carbons (Fsp3) is 0. The summed E-state index contributed by atoms with van der Waals surface area (Å²) in [5.41, 5.74) is 17.3. The van der Waals surface area contributed by atoms with E-state index in [4.69, 9.17) is 9.26 Å². The van der Waals surface area contributed by atoms with Crippen molar-refractivity contribution in [3.05, 3.63) is 284 Å². The lowest BCUT2D eigenvalue weighted by molar-refractivity contribution is 0.670. The summed E-state index contributed by atoms with van der Waals surface area (Å²) >= 11 is 3.61. The highest BCUT2D eigenvalue weighted by Gasteiger charge is 2.34. The van der Waals surface area contributed by atoms with Gasteiger partial charge < -0.3 is 13.6 Å². The van der Waals surface area contributed by atoms with Crippen LogP contribution in [-0.4, -0.2) is 9.13 Å². The Morgan fingerprint density at radius 3 is 1.46 bits per heavy atom. The van der Waals surface area contributed by atoms with Gasteiger partial charge in [0.15, 0.2) is 0 Å². The number of para-hydroxylation sites is 3. The molecule has 18 aromatic rings. The van der Waals surface area contributed by atoms with Crippen molar-refractivity contribution in [2.24, 2.45) is 0 Å². The van der Waals surface area contributed by atoms with Gasteiger partial charge in [-0.15, -0.1) is 22.7 Å². The van der Waals surface area contributed by atoms with Gasteiger partial charge in [0.25, 0.3) is 0 Å². The molecule has 0 saturated carbocycles. The standard InChI is InChI=1S/C80H44N4OS2/c1-82-73-69(49-25-10-4-11-26-49)63(46-81)74(70(50-27-12-5-13-28-50)77(73)83-64-35-16-14-29-55(64)56-40-39-51(45-65(56)83)54-33-18-34-60-57-30-15-17-36-66(57)85-78(54)60)84-75-58(41-43-61-71-52(47-21-6-2-7-22-47)31-19-37-67(71)86-79(61)75)59-42-44-62-72-53(48-23-8-3-9-24-48)32-20-38-68(72)87-80(62)76(59)84/h2-45H. The van der Waals surface area contributed by atoms with E-state index in [1.54, 1.807) is 22.7 Å². The smallest absolute Gasteiger partial charge is 0.220 e. The van der Waals surface area contributed by atoms with E-state index >= 15 is 0 Å². The van der Waals surface area contributed by atoms with E-state index in [-0.39, 0.29) is 0 Å². The zero-order chi connectivity index (χ0) is 57.4. The van der Waals surface area contributed by atoms with Crippen LogP contribution in [0.1, 0.15) is 5.56 Å². The molecule has 0 aliphatic heterocycles. The largest absolute Gasteiger partial charge is 0.455 e. The third kappa shape index (κ3) is 7.10. The highest BCUT2D eigenvalue weighted by atomic mass is 32.1. The van der Waals surface area contributed by atoms with Gasteiger partial charge in [-0.3, -0.25) is 0 Å². The minimum atomic E-state index is 0.382. The molecule has 0 spiro atoms. The summed E-state index contributed by atoms with van der Waals surface area (Å²) in [6.45, 7) is 9.66. The van der Waals surface area contributed by atoms with Crippen molar-refractivity contribution >= 4 is 134 Å². The van der Waals surface area contributed by atoms with E-state index < -0.39 is 0 Å². The molecule has 5 nitrogen and oxygen atoms in total. The van der Waals surface area contributed by atoms with E-state index in [2.05, 4.69) is 246 Å². The first-order chi connectivity index (χ1) is 43.1. The summed E-state index contributed by atoms with van der Waals surface area (Å²) in [6.07, 6.45) is 0. The van der Waals surface area contributed by atoms with Gasteiger partial charge in [0.2, 0.25) is 5.69 Å². The van der Waals surface area contributed by atoms with Crippen molar-refractivity contribution < 1.29 is 4.42 Å². The molecule has 18 rings (SSSR count). The topological polar surface area (TPSA) is 51.1 Å². The van der Waals surface area contributed by atoms with Crippen molar-refractivity contribution in [3.8, 4) is 73.1 Å². The first-order valence-electron chi connectivity index (χ1n) is 29.1. The third-order valence-corrected chi connectivity index (χ3v) is 20.1. The Labute approximate surface area is 506 Å². The van der Waals surface area contributed by atoms with Gasteiger partial charge in [-0.25, -0.2) is 4.85 Å². The maximum absolute atomic E-state index is 12.6. The lowest BCUT2D eigenvalue weighted by Crippen LogP contribution is -2.09. The van der Waals surface area contributed by atoms with Crippen LogP contribution in [0.4, 0.5) is 5.69 Å². The summed E-state index contributed by atoms with van der Waals surface area (Å²) in [5, 5.41) is 23.6. The van der Waals surface area contributed by atoms with E-state index in [9.17, 15) is 11.8 Å². The molecule has 0 fully saturated rings. The predicted octanol–water partition coefficient (Wildman–Crippen LogP) is 23.3. The summed E-state index contributed by atoms with van der Waals surface area (Å²) in [7, 11) is 0. The van der Waals surface area contributed by atoms with Gasteiger partial charge in [-0.05, 0) is 69.3 Å². The highest BCUT2D eigenvalue weighted by Crippen LogP contribution is 2.56. The lowest BCUT2D eigenvalue weighted by Gasteiger charge is -2.26. The molecule has 7 heteroatoms. The molecular formula is C80H44N4OS2. The SMILES string of the molecule is [C-]#[N+]c1c(-c2ccccc2)c(C#N)c(-n2c3c(ccc4c3sc3cccc(-c5ccccc5)c34)c3ccc4c(sc5cccc(-c6ccccc6)c54)c32)c(-c2ccccc2)c1-n1c2ccccc2c2ccc(-c3cccc4c3oc3ccccc34)cc21. The lowest BCUT2D eigenvalue weighted by atomic mass is 9.88. The van der Waals surface area contributed by atoms with Crippen LogP contribution >= 0.6 is 22.7 Å². The summed E-state index contributed by atoms with van der Waals surface area (Å²) in [5.74, 6) is 0. The minimum absolute atomic E-state index is 0.382. The molecule has 0 unspecified atom stereocenters. The molecular weight excluding hydrogens is 1100 g/mol. The molecule has 5 heterocycles. The number of hydrogen-bond donors (Lipinski definition) is 0. The number of hydrogen-bond acceptors (Lipinski definition) is 4. The number of nitriles is 1. The quantitative estimate of drug-likeness (QED) is 0.149. The van der Waals surface area contributed by atoms with Crippen LogP contribution < -0.4 is 0 Å². The number of fused-ring (bicyclic) bond motifs is 17. The number of thiophene rings is 2. The van der Waals surface area contributed by atoms with Crippen LogP contribution in [-0.2, 0) is 0 Å². The van der Waals surface area contributed by atoms with Crippen molar-refractivity contribution in [2.75, 3.05) is 0 Å². The summed E-state index contributed by atoms with van der Waals surface area (Å²) in [6, 6.07) is 97.4. The molecule has 0 atom stereocenters. The van der Waals surface area contributed by atoms with Gasteiger partial charge in [-0.1, -0.05) is 237 Å². The molecule has 87 heavy (non-hydrogen) atoms. The average molecular weight is 1140 g/mol. The van der Waals surface area contributed by atoms with Crippen LogP contribution in [0.15, 0.2) is 271 Å². The van der Waals surface area contributed by atoms with E-state index in [0.717, 1.165) is 125 Å². The van der Waals surface area contributed by atoms with E-state index in [0.29, 0.717) is 28.2 Å². The molecule has 0 aliphatic rings. The third-order valence-electron chi connectivity index (χ3n) is 17.8. The number of rotatable bonds is 7. The van der Waals surface area contributed by atoms with Crippen LogP contribution in [0.3, 0.4) is 0 Å². The van der Waals surface area contributed by atoms with Gasteiger partial charge in [-0.2, -0.15) is 5.26 Å². The molecule has 0 aliphatic carbocycles. The Kier molecular flexibility index (Phi) is 10.8. The Hall–Kier alpha value is -11.3. The van der Waals surface area contributed by atoms with E-state index in [1.165, 1.54) is 31.3 Å². The van der Waals surface area contributed by atoms with Crippen molar-refractivity contribution in [1.29, 1.82) is 5.26 Å². The fourth-order valence-electron chi connectivity index (χ4n) is 14.2. The average Bonchev–Trinajstić information content (AvgIpc) is 3.60. The highest BCUT2D eigenvalue weighted by molar-refractivity contribution is 7.27. The molecule has 0 radical (unpaired) electrons. The van der Waals surface area contributed by atoms with Crippen molar-refractivity contribution in [2.45, 2.75) is 0 Å². The second kappa shape index (κ2) is 19.1. The molecule has 0 N–H and O–H groups in total. The Bertz CT molecular complexity index is 5840. The zero-order valence-electron chi connectivity index (χ0n) is 46.4. The molecule has 5 aromatic heterocycles. The number of aromatic nitrogens is 2. The molecule has 13 aromatic carbocycles. The van der Waals surface area contributed by atoms with Crippen LogP contribution in [0.5, 0.6) is 0 Å². The maximum atomic E-state index is 12.6. The first kappa shape index (κ1) is 49.1. The number of benzene rings is 13. The van der Waals surface area contributed by atoms with Crippen molar-refractivity contribution in [1.82, 2.24) is 9.13 Å².